The normalized spacial score (nSPS) is 10.9. The first-order chi connectivity index (χ1) is 12.2. The van der Waals surface area contributed by atoms with Gasteiger partial charge in [0.05, 0.1) is 5.56 Å². The van der Waals surface area contributed by atoms with Crippen molar-refractivity contribution >= 4 is 17.9 Å². The van der Waals surface area contributed by atoms with Gasteiger partial charge in [0, 0.05) is 18.6 Å². The fourth-order valence-corrected chi connectivity index (χ4v) is 1.65. The standard InChI is InChI=1S/C14H12F3N5O4/c15-14(16,17)8-19-13(25)21-11(23)7-26-12(24)9-2-3-10(18-6-9)22-5-1-4-20-22/h1-6H,7-8H2,(H2,19,21,23,25). The lowest BCUT2D eigenvalue weighted by Crippen LogP contribution is -2.44. The van der Waals surface area contributed by atoms with E-state index in [1.54, 1.807) is 23.8 Å². The van der Waals surface area contributed by atoms with Crippen LogP contribution in [0.3, 0.4) is 0 Å². The van der Waals surface area contributed by atoms with Gasteiger partial charge in [0.1, 0.15) is 6.54 Å². The number of nitrogens with zero attached hydrogens (tertiary/aromatic N) is 3. The second-order valence-corrected chi connectivity index (χ2v) is 4.78. The van der Waals surface area contributed by atoms with E-state index in [-0.39, 0.29) is 5.56 Å². The molecule has 0 aliphatic rings. The molecule has 0 saturated carbocycles. The highest BCUT2D eigenvalue weighted by Crippen LogP contribution is 2.11. The van der Waals surface area contributed by atoms with Gasteiger partial charge in [0.25, 0.3) is 5.91 Å². The minimum Gasteiger partial charge on any atom is -0.452 e. The van der Waals surface area contributed by atoms with Gasteiger partial charge in [-0.15, -0.1) is 0 Å². The van der Waals surface area contributed by atoms with Crippen molar-refractivity contribution in [3.05, 3.63) is 42.4 Å². The summed E-state index contributed by atoms with van der Waals surface area (Å²) in [7, 11) is 0. The third kappa shape index (κ3) is 5.89. The van der Waals surface area contributed by atoms with Gasteiger partial charge in [0.2, 0.25) is 0 Å². The molecule has 0 aliphatic carbocycles. The summed E-state index contributed by atoms with van der Waals surface area (Å²) in [5.41, 5.74) is 0.0372. The number of rotatable bonds is 5. The van der Waals surface area contributed by atoms with E-state index in [9.17, 15) is 27.6 Å². The minimum atomic E-state index is -4.61. The number of urea groups is 1. The second kappa shape index (κ2) is 8.09. The molecule has 0 radical (unpaired) electrons. The number of imide groups is 1. The molecule has 2 aromatic heterocycles. The Kier molecular flexibility index (Phi) is 5.88. The monoisotopic (exact) mass is 371 g/mol. The largest absolute Gasteiger partial charge is 0.452 e. The number of hydrogen-bond donors (Lipinski definition) is 2. The predicted molar refractivity (Wildman–Crippen MR) is 79.2 cm³/mol. The fourth-order valence-electron chi connectivity index (χ4n) is 1.65. The molecule has 2 N–H and O–H groups in total. The van der Waals surface area contributed by atoms with E-state index < -0.39 is 37.2 Å². The van der Waals surface area contributed by atoms with Crippen LogP contribution in [0.1, 0.15) is 10.4 Å². The molecule has 0 aromatic carbocycles. The predicted octanol–water partition coefficient (Wildman–Crippen LogP) is 0.812. The SMILES string of the molecule is O=C(COC(=O)c1ccc(-n2cccn2)nc1)NC(=O)NCC(F)(F)F. The summed E-state index contributed by atoms with van der Waals surface area (Å²) in [5, 5.41) is 6.99. The number of carbonyl (C=O) groups excluding carboxylic acids is 3. The number of amides is 3. The van der Waals surface area contributed by atoms with Crippen molar-refractivity contribution < 1.29 is 32.3 Å². The Labute approximate surface area is 144 Å². The average molecular weight is 371 g/mol. The molecule has 0 unspecified atom stereocenters. The molecular formula is C14H12F3N5O4. The maximum Gasteiger partial charge on any atom is 0.405 e. The number of carbonyl (C=O) groups is 3. The number of hydrogen-bond acceptors (Lipinski definition) is 6. The maximum atomic E-state index is 11.9. The number of nitrogens with one attached hydrogen (secondary N) is 2. The highest BCUT2D eigenvalue weighted by molar-refractivity contribution is 5.96. The summed E-state index contributed by atoms with van der Waals surface area (Å²) in [6.45, 7) is -2.45. The first kappa shape index (κ1) is 18.9. The van der Waals surface area contributed by atoms with Crippen LogP contribution in [0.4, 0.5) is 18.0 Å². The van der Waals surface area contributed by atoms with Crippen LogP contribution in [0.15, 0.2) is 36.8 Å². The Morgan fingerprint density at radius 2 is 2.00 bits per heavy atom. The molecule has 0 aliphatic heterocycles. The molecule has 138 valence electrons. The molecule has 3 amide bonds. The summed E-state index contributed by atoms with van der Waals surface area (Å²) in [5.74, 6) is -1.53. The van der Waals surface area contributed by atoms with Gasteiger partial charge in [-0.2, -0.15) is 18.3 Å². The zero-order chi connectivity index (χ0) is 19.2. The lowest BCUT2D eigenvalue weighted by Gasteiger charge is -2.09. The summed E-state index contributed by atoms with van der Waals surface area (Å²) < 4.78 is 41.8. The van der Waals surface area contributed by atoms with Gasteiger partial charge in [0.15, 0.2) is 12.4 Å². The van der Waals surface area contributed by atoms with Crippen molar-refractivity contribution in [2.24, 2.45) is 0 Å². The van der Waals surface area contributed by atoms with E-state index >= 15 is 0 Å². The van der Waals surface area contributed by atoms with Crippen LogP contribution in [0.2, 0.25) is 0 Å². The van der Waals surface area contributed by atoms with E-state index in [1.807, 2.05) is 0 Å². The zero-order valence-electron chi connectivity index (χ0n) is 13.0. The van der Waals surface area contributed by atoms with Crippen molar-refractivity contribution in [2.45, 2.75) is 6.18 Å². The molecule has 26 heavy (non-hydrogen) atoms. The summed E-state index contributed by atoms with van der Waals surface area (Å²) in [4.78, 5) is 38.2. The Morgan fingerprint density at radius 3 is 2.58 bits per heavy atom. The van der Waals surface area contributed by atoms with Crippen LogP contribution in [0, 0.1) is 0 Å². The Bertz CT molecular complexity index is 775. The smallest absolute Gasteiger partial charge is 0.405 e. The molecule has 0 saturated heterocycles. The van der Waals surface area contributed by atoms with Crippen LogP contribution >= 0.6 is 0 Å². The topological polar surface area (TPSA) is 115 Å². The zero-order valence-corrected chi connectivity index (χ0v) is 13.0. The number of halogens is 3. The molecule has 12 heteroatoms. The van der Waals surface area contributed by atoms with Gasteiger partial charge >= 0.3 is 18.2 Å². The number of esters is 1. The molecule has 2 heterocycles. The molecule has 2 aromatic rings. The van der Waals surface area contributed by atoms with Crippen LogP contribution < -0.4 is 10.6 Å². The summed E-state index contributed by atoms with van der Waals surface area (Å²) in [6.07, 6.45) is -0.211. The maximum absolute atomic E-state index is 11.9. The van der Waals surface area contributed by atoms with Crippen LogP contribution in [-0.2, 0) is 9.53 Å². The van der Waals surface area contributed by atoms with Gasteiger partial charge in [-0.1, -0.05) is 0 Å². The third-order valence-corrected chi connectivity index (χ3v) is 2.76. The van der Waals surface area contributed by atoms with Crippen LogP contribution in [-0.4, -0.2) is 52.0 Å². The number of ether oxygens (including phenoxy) is 1. The van der Waals surface area contributed by atoms with Crippen molar-refractivity contribution in [2.75, 3.05) is 13.2 Å². The van der Waals surface area contributed by atoms with E-state index in [2.05, 4.69) is 14.8 Å². The summed E-state index contributed by atoms with van der Waals surface area (Å²) in [6, 6.07) is 3.22. The Balaban J connectivity index is 1.79. The lowest BCUT2D eigenvalue weighted by molar-refractivity contribution is -0.125. The van der Waals surface area contributed by atoms with Gasteiger partial charge in [-0.3, -0.25) is 10.1 Å². The van der Waals surface area contributed by atoms with Crippen molar-refractivity contribution in [3.63, 3.8) is 0 Å². The van der Waals surface area contributed by atoms with Gasteiger partial charge < -0.3 is 10.1 Å². The highest BCUT2D eigenvalue weighted by Gasteiger charge is 2.28. The first-order valence-electron chi connectivity index (χ1n) is 7.02. The summed E-state index contributed by atoms with van der Waals surface area (Å²) >= 11 is 0. The first-order valence-corrected chi connectivity index (χ1v) is 7.02. The van der Waals surface area contributed by atoms with Crippen molar-refractivity contribution in [1.82, 2.24) is 25.4 Å². The molecule has 9 nitrogen and oxygen atoms in total. The Hall–Kier alpha value is -3.44. The fraction of sp³-hybridized carbons (Fsp3) is 0.214. The molecule has 0 spiro atoms. The minimum absolute atomic E-state index is 0.0372. The molecular weight excluding hydrogens is 359 g/mol. The third-order valence-electron chi connectivity index (χ3n) is 2.76. The second-order valence-electron chi connectivity index (χ2n) is 4.78. The number of aromatic nitrogens is 3. The van der Waals surface area contributed by atoms with E-state index in [4.69, 9.17) is 0 Å². The quantitative estimate of drug-likeness (QED) is 0.752. The molecule has 2 rings (SSSR count). The lowest BCUT2D eigenvalue weighted by atomic mass is 10.3. The number of alkyl halides is 3. The van der Waals surface area contributed by atoms with Crippen LogP contribution in [0.5, 0.6) is 0 Å². The average Bonchev–Trinajstić information content (AvgIpc) is 3.12. The van der Waals surface area contributed by atoms with Crippen molar-refractivity contribution in [3.8, 4) is 5.82 Å². The molecule has 0 atom stereocenters. The van der Waals surface area contributed by atoms with E-state index in [0.717, 1.165) is 0 Å². The number of pyridine rings is 1. The molecule has 0 fully saturated rings. The Morgan fingerprint density at radius 1 is 1.23 bits per heavy atom. The van der Waals surface area contributed by atoms with E-state index in [0.29, 0.717) is 5.82 Å². The van der Waals surface area contributed by atoms with Crippen molar-refractivity contribution in [1.29, 1.82) is 0 Å². The highest BCUT2D eigenvalue weighted by atomic mass is 19.4. The van der Waals surface area contributed by atoms with Crippen LogP contribution in [0.25, 0.3) is 5.82 Å². The van der Waals surface area contributed by atoms with E-state index in [1.165, 1.54) is 28.3 Å². The molecule has 0 bridgehead atoms. The van der Waals surface area contributed by atoms with Gasteiger partial charge in [-0.05, 0) is 18.2 Å². The van der Waals surface area contributed by atoms with Gasteiger partial charge in [-0.25, -0.2) is 19.3 Å².